The molecule has 1 heterocycles. The van der Waals surface area contributed by atoms with Gasteiger partial charge < -0.3 is 14.6 Å². The Morgan fingerprint density at radius 3 is 2.29 bits per heavy atom. The van der Waals surface area contributed by atoms with Crippen LogP contribution in [0.15, 0.2) is 60.7 Å². The molecule has 0 radical (unpaired) electrons. The highest BCUT2D eigenvalue weighted by Gasteiger charge is 2.19. The summed E-state index contributed by atoms with van der Waals surface area (Å²) in [5, 5.41) is 11.4. The van der Waals surface area contributed by atoms with Gasteiger partial charge in [-0.15, -0.1) is 0 Å². The van der Waals surface area contributed by atoms with Gasteiger partial charge in [0.1, 0.15) is 18.2 Å². The number of carboxylic acids is 1. The molecule has 0 fully saturated rings. The first-order valence-corrected chi connectivity index (χ1v) is 9.72. The second-order valence-electron chi connectivity index (χ2n) is 7.53. The van der Waals surface area contributed by atoms with E-state index in [4.69, 9.17) is 0 Å². The fraction of sp³-hybridized carbons (Fsp3) is 0.167. The van der Waals surface area contributed by atoms with Gasteiger partial charge in [-0.05, 0) is 35.4 Å². The van der Waals surface area contributed by atoms with Gasteiger partial charge in [0, 0.05) is 41.5 Å². The van der Waals surface area contributed by atoms with Crippen molar-refractivity contribution in [2.24, 2.45) is 7.05 Å². The highest BCUT2D eigenvalue weighted by atomic mass is 19.1. The maximum Gasteiger partial charge on any atom is 0.323 e. The van der Waals surface area contributed by atoms with Crippen LogP contribution in [0.25, 0.3) is 21.8 Å². The third kappa shape index (κ3) is 4.26. The van der Waals surface area contributed by atoms with E-state index < -0.39 is 30.1 Å². The monoisotopic (exact) mass is 422 g/mol. The van der Waals surface area contributed by atoms with Crippen molar-refractivity contribution in [2.75, 3.05) is 6.54 Å². The van der Waals surface area contributed by atoms with Crippen LogP contribution in [-0.2, 0) is 29.6 Å². The number of benzene rings is 3. The number of rotatable bonds is 6. The minimum atomic E-state index is -1.20. The summed E-state index contributed by atoms with van der Waals surface area (Å²) >= 11 is 0. The van der Waals surface area contributed by atoms with Gasteiger partial charge >= 0.3 is 5.97 Å². The maximum atomic E-state index is 13.5. The van der Waals surface area contributed by atoms with Crippen molar-refractivity contribution in [1.29, 1.82) is 0 Å². The van der Waals surface area contributed by atoms with Crippen LogP contribution in [0.3, 0.4) is 0 Å². The average Bonchev–Trinajstić information content (AvgIpc) is 2.99. The fourth-order valence-electron chi connectivity index (χ4n) is 3.92. The largest absolute Gasteiger partial charge is 0.480 e. The van der Waals surface area contributed by atoms with Gasteiger partial charge in [-0.3, -0.25) is 9.59 Å². The Balaban J connectivity index is 1.61. The number of fused-ring (bicyclic) bond motifs is 3. The Kier molecular flexibility index (Phi) is 5.42. The lowest BCUT2D eigenvalue weighted by Crippen LogP contribution is -2.36. The zero-order valence-electron chi connectivity index (χ0n) is 16.8. The standard InChI is InChI=1S/C24H20F2N2O3/c1-27-21-5-3-2-4-19(21)20-7-6-15(10-22(20)27)11-23(29)28(14-24(30)31)13-16-8-17(25)12-18(26)9-16/h2-10,12H,11,13-14H2,1H3,(H,30,31). The third-order valence-corrected chi connectivity index (χ3v) is 5.31. The summed E-state index contributed by atoms with van der Waals surface area (Å²) in [4.78, 5) is 25.2. The first-order valence-electron chi connectivity index (χ1n) is 9.72. The molecule has 4 aromatic rings. The van der Waals surface area contributed by atoms with Crippen molar-refractivity contribution >= 4 is 33.7 Å². The minimum absolute atomic E-state index is 0.0253. The van der Waals surface area contributed by atoms with Gasteiger partial charge in [0.25, 0.3) is 0 Å². The minimum Gasteiger partial charge on any atom is -0.480 e. The smallest absolute Gasteiger partial charge is 0.323 e. The summed E-state index contributed by atoms with van der Waals surface area (Å²) in [7, 11) is 1.95. The number of carbonyl (C=O) groups excluding carboxylic acids is 1. The molecule has 158 valence electrons. The van der Waals surface area contributed by atoms with E-state index in [0.717, 1.165) is 50.5 Å². The number of carboxylic acid groups (broad SMARTS) is 1. The van der Waals surface area contributed by atoms with E-state index in [2.05, 4.69) is 0 Å². The summed E-state index contributed by atoms with van der Waals surface area (Å²) in [5.41, 5.74) is 2.95. The SMILES string of the molecule is Cn1c2ccccc2c2ccc(CC(=O)N(CC(=O)O)Cc3cc(F)cc(F)c3)cc21. The van der Waals surface area contributed by atoms with E-state index in [0.29, 0.717) is 0 Å². The number of aliphatic carboxylic acids is 1. The second kappa shape index (κ2) is 8.18. The van der Waals surface area contributed by atoms with Crippen molar-refractivity contribution in [3.8, 4) is 0 Å². The molecule has 5 nitrogen and oxygen atoms in total. The summed E-state index contributed by atoms with van der Waals surface area (Å²) in [5.74, 6) is -3.20. The summed E-state index contributed by atoms with van der Waals surface area (Å²) in [6, 6.07) is 16.6. The van der Waals surface area contributed by atoms with E-state index in [1.165, 1.54) is 0 Å². The molecule has 4 rings (SSSR count). The van der Waals surface area contributed by atoms with Crippen molar-refractivity contribution < 1.29 is 23.5 Å². The van der Waals surface area contributed by atoms with Crippen LogP contribution in [0.4, 0.5) is 8.78 Å². The molecule has 0 saturated carbocycles. The lowest BCUT2D eigenvalue weighted by Gasteiger charge is -2.21. The van der Waals surface area contributed by atoms with Crippen LogP contribution in [0, 0.1) is 11.6 Å². The second-order valence-corrected chi connectivity index (χ2v) is 7.53. The van der Waals surface area contributed by atoms with Crippen LogP contribution in [0.2, 0.25) is 0 Å². The lowest BCUT2D eigenvalue weighted by molar-refractivity contribution is -0.144. The van der Waals surface area contributed by atoms with Crippen LogP contribution < -0.4 is 0 Å². The molecular formula is C24H20F2N2O3. The highest BCUT2D eigenvalue weighted by molar-refractivity contribution is 6.08. The molecule has 0 atom stereocenters. The van der Waals surface area contributed by atoms with E-state index in [1.807, 2.05) is 54.1 Å². The Labute approximate surface area is 177 Å². The number of aryl methyl sites for hydroxylation is 1. The molecule has 0 aliphatic rings. The van der Waals surface area contributed by atoms with Crippen LogP contribution in [0.1, 0.15) is 11.1 Å². The highest BCUT2D eigenvalue weighted by Crippen LogP contribution is 2.28. The predicted octanol–water partition coefficient (Wildman–Crippen LogP) is 4.27. The number of para-hydroxylation sites is 1. The van der Waals surface area contributed by atoms with Gasteiger partial charge in [0.2, 0.25) is 5.91 Å². The van der Waals surface area contributed by atoms with Gasteiger partial charge in [0.15, 0.2) is 0 Å². The molecule has 7 heteroatoms. The van der Waals surface area contributed by atoms with E-state index in [1.54, 1.807) is 0 Å². The first kappa shape index (κ1) is 20.5. The zero-order valence-corrected chi connectivity index (χ0v) is 16.8. The van der Waals surface area contributed by atoms with Crippen LogP contribution in [-0.4, -0.2) is 33.0 Å². The topological polar surface area (TPSA) is 62.5 Å². The molecule has 3 aromatic carbocycles. The van der Waals surface area contributed by atoms with Gasteiger partial charge in [-0.2, -0.15) is 0 Å². The Morgan fingerprint density at radius 2 is 1.58 bits per heavy atom. The predicted molar refractivity (Wildman–Crippen MR) is 114 cm³/mol. The molecule has 0 unspecified atom stereocenters. The molecule has 31 heavy (non-hydrogen) atoms. The molecule has 1 N–H and O–H groups in total. The molecule has 0 saturated heterocycles. The molecule has 1 amide bonds. The van der Waals surface area contributed by atoms with Crippen LogP contribution in [0.5, 0.6) is 0 Å². The van der Waals surface area contributed by atoms with Gasteiger partial charge in [0.05, 0.1) is 6.42 Å². The average molecular weight is 422 g/mol. The number of aromatic nitrogens is 1. The molecule has 0 aliphatic heterocycles. The van der Waals surface area contributed by atoms with E-state index >= 15 is 0 Å². The zero-order chi connectivity index (χ0) is 22.1. The molecule has 0 aliphatic carbocycles. The van der Waals surface area contributed by atoms with Gasteiger partial charge in [-0.1, -0.05) is 30.3 Å². The Morgan fingerprint density at radius 1 is 0.903 bits per heavy atom. The quantitative estimate of drug-likeness (QED) is 0.505. The van der Waals surface area contributed by atoms with Crippen molar-refractivity contribution in [1.82, 2.24) is 9.47 Å². The number of hydrogen-bond donors (Lipinski definition) is 1. The lowest BCUT2D eigenvalue weighted by atomic mass is 10.1. The first-order chi connectivity index (χ1) is 14.8. The third-order valence-electron chi connectivity index (χ3n) is 5.31. The van der Waals surface area contributed by atoms with Crippen LogP contribution >= 0.6 is 0 Å². The van der Waals surface area contributed by atoms with Gasteiger partial charge in [-0.25, -0.2) is 8.78 Å². The van der Waals surface area contributed by atoms with Crippen molar-refractivity contribution in [3.63, 3.8) is 0 Å². The number of amides is 1. The molecular weight excluding hydrogens is 402 g/mol. The summed E-state index contributed by atoms with van der Waals surface area (Å²) in [6.45, 7) is -0.761. The Hall–Kier alpha value is -3.74. The molecule has 0 spiro atoms. The maximum absolute atomic E-state index is 13.5. The normalized spacial score (nSPS) is 11.2. The summed E-state index contributed by atoms with van der Waals surface area (Å²) < 4.78 is 29.0. The number of halogens is 2. The number of carbonyl (C=O) groups is 2. The number of hydrogen-bond acceptors (Lipinski definition) is 2. The van der Waals surface area contributed by atoms with Crippen molar-refractivity contribution in [3.05, 3.63) is 83.4 Å². The van der Waals surface area contributed by atoms with E-state index in [-0.39, 0.29) is 18.5 Å². The molecule has 1 aromatic heterocycles. The number of nitrogens with zero attached hydrogens (tertiary/aromatic N) is 2. The summed E-state index contributed by atoms with van der Waals surface area (Å²) in [6.07, 6.45) is -0.0253. The Bertz CT molecular complexity index is 1290. The fourth-order valence-corrected chi connectivity index (χ4v) is 3.92. The molecule has 0 bridgehead atoms. The van der Waals surface area contributed by atoms with E-state index in [9.17, 15) is 23.5 Å². The van der Waals surface area contributed by atoms with Crippen molar-refractivity contribution in [2.45, 2.75) is 13.0 Å².